The molecule has 0 saturated carbocycles. The summed E-state index contributed by atoms with van der Waals surface area (Å²) < 4.78 is 41.9. The quantitative estimate of drug-likeness (QED) is 0.0343. The average Bonchev–Trinajstić information content (AvgIpc) is 1.54. The SMILES string of the molecule is CCCCC1C(=O)N(c2ccccc2)N(c2ccccc2)C1=O.CN1C(C(=O)Nc2ccccn2)=C(O)c2ccccc2S1(=O)=O.COc1ccc2cc(CCC(C)=O)ccc2c1.COc1ccc2cc([C@H](C)C(=O)O)ccc2c1.Cc1ccc(Cl)c(Nc2ccccc2C(=O)O)c1Cl.O=C(O)CCc1nc(-c2ccccc2)c(-c2ccccc2)o1. The number of carboxylic acid groups (broad SMARTS) is 3. The summed E-state index contributed by atoms with van der Waals surface area (Å²) >= 11 is 12.3. The number of carboxylic acids is 3. The normalized spacial score (nSPS) is 12.7. The third-order valence-corrected chi connectivity index (χ3v) is 21.9. The molecule has 3 amide bonds. The molecule has 1 saturated heterocycles. The molecule has 1 fully saturated rings. The van der Waals surface area contributed by atoms with Crippen LogP contribution in [-0.2, 0) is 51.6 Å². The van der Waals surface area contributed by atoms with E-state index in [0.29, 0.717) is 57.3 Å². The summed E-state index contributed by atoms with van der Waals surface area (Å²) in [5.41, 5.74) is 7.80. The number of sulfonamides is 1. The number of halogens is 2. The summed E-state index contributed by atoms with van der Waals surface area (Å²) in [4.78, 5) is 90.3. The Bertz CT molecular complexity index is 5870. The molecule has 23 nitrogen and oxygen atoms in total. The number of aliphatic carboxylic acids is 2. The van der Waals surface area contributed by atoms with Crippen molar-refractivity contribution in [1.82, 2.24) is 14.3 Å². The molecule has 0 bridgehead atoms. The number of pyridine rings is 1. The van der Waals surface area contributed by atoms with Gasteiger partial charge >= 0.3 is 17.9 Å². The number of aromatic nitrogens is 2. The number of para-hydroxylation sites is 3. The highest BCUT2D eigenvalue weighted by Crippen LogP contribution is 2.40. The van der Waals surface area contributed by atoms with Crippen LogP contribution in [0.3, 0.4) is 0 Å². The lowest BCUT2D eigenvalue weighted by atomic mass is 9.98. The topological polar surface area (TPSA) is 326 Å². The van der Waals surface area contributed by atoms with E-state index in [0.717, 1.165) is 79.2 Å². The van der Waals surface area contributed by atoms with Gasteiger partial charge in [0, 0.05) is 42.8 Å². The minimum Gasteiger partial charge on any atom is -0.505 e. The van der Waals surface area contributed by atoms with Gasteiger partial charge < -0.3 is 49.7 Å². The molecule has 4 heterocycles. The minimum atomic E-state index is -3.91. The molecule has 0 aliphatic carbocycles. The van der Waals surface area contributed by atoms with Gasteiger partial charge in [-0.1, -0.05) is 225 Å². The number of unbranched alkanes of at least 4 members (excludes halogenated alkanes) is 1. The molecule has 26 heteroatoms. The summed E-state index contributed by atoms with van der Waals surface area (Å²) in [6.07, 6.45) is 5.63. The molecule has 2 aliphatic rings. The first-order valence-electron chi connectivity index (χ1n) is 38.5. The van der Waals surface area contributed by atoms with Gasteiger partial charge in [0.2, 0.25) is 0 Å². The standard InChI is InChI=1S/C19H20N2O2.C18H15NO3.C15H13N3O4S.C15H16O2.C14H11Cl2NO2.C14H14O3/c1-2-3-14-17-18(22)20(15-10-6-4-7-11-15)21(19(17)23)16-12-8-5-9-13-16;20-16(21)12-11-15-19-17(13-7-3-1-4-8-13)18(22-15)14-9-5-2-6-10-14;1-18-13(15(20)17-12-8-4-5-9-16-12)14(19)10-6-2-3-7-11(10)23(18,21)22;1-11(16)3-4-12-5-6-14-10-15(17-2)8-7-13(14)9-12;1-8-6-7-10(15)13(12(8)16)17-11-5-3-2-4-9(11)14(18)19;1-9(14(15)16)10-3-4-12-8-13(17-2)6-5-11(12)7-10/h4-13,17H,2-3,14H2,1H3;1-10H,11-12H2,(H,20,21);2-9,19H,1H3,(H,16,17,20);5-10H,3-4H2,1-2H3;2-7,17H,1H3,(H,18,19);3-9H,1-2H3,(H,15,16)/t;;;;;9-/m.....0/s1. The largest absolute Gasteiger partial charge is 0.505 e. The van der Waals surface area contributed by atoms with E-state index in [9.17, 15) is 47.1 Å². The van der Waals surface area contributed by atoms with Crippen molar-refractivity contribution in [1.29, 1.82) is 0 Å². The zero-order chi connectivity index (χ0) is 86.9. The Balaban J connectivity index is 0.000000153. The molecule has 6 N–H and O–H groups in total. The first-order valence-corrected chi connectivity index (χ1v) is 40.7. The number of aliphatic hydroxyl groups excluding tert-OH is 1. The molecule has 620 valence electrons. The Morgan fingerprint density at radius 2 is 1.15 bits per heavy atom. The number of Topliss-reactive ketones (excluding diaryl/α,β-unsaturated/α-hetero) is 1. The van der Waals surface area contributed by atoms with E-state index >= 15 is 0 Å². The smallest absolute Gasteiger partial charge is 0.337 e. The maximum absolute atomic E-state index is 12.9. The number of aryl methyl sites for hydroxylation is 3. The van der Waals surface area contributed by atoms with Crippen molar-refractivity contribution < 1.29 is 76.3 Å². The molecule has 2 aromatic heterocycles. The number of ether oxygens (including phenoxy) is 2. The number of hydrogen-bond donors (Lipinski definition) is 6. The fourth-order valence-corrected chi connectivity index (χ4v) is 14.6. The van der Waals surface area contributed by atoms with Crippen molar-refractivity contribution in [3.63, 3.8) is 0 Å². The number of oxazole rings is 1. The molecule has 11 aromatic carbocycles. The van der Waals surface area contributed by atoms with Crippen LogP contribution in [0.15, 0.2) is 294 Å². The number of rotatable bonds is 22. The molecule has 1 atom stereocenters. The number of benzene rings is 11. The number of nitrogens with zero attached hydrogens (tertiary/aromatic N) is 5. The van der Waals surface area contributed by atoms with Gasteiger partial charge in [0.05, 0.1) is 69.8 Å². The summed E-state index contributed by atoms with van der Waals surface area (Å²) in [6.45, 7) is 7.24. The summed E-state index contributed by atoms with van der Waals surface area (Å²) in [6, 6.07) is 82.9. The Morgan fingerprint density at radius 1 is 0.612 bits per heavy atom. The van der Waals surface area contributed by atoms with Gasteiger partial charge in [-0.3, -0.25) is 28.3 Å². The van der Waals surface area contributed by atoms with Crippen LogP contribution in [0.25, 0.3) is 49.9 Å². The molecule has 13 aromatic rings. The summed E-state index contributed by atoms with van der Waals surface area (Å²) in [7, 11) is 0.607. The van der Waals surface area contributed by atoms with Crippen LogP contribution in [0, 0.1) is 12.8 Å². The van der Waals surface area contributed by atoms with Crippen LogP contribution >= 0.6 is 23.2 Å². The van der Waals surface area contributed by atoms with E-state index in [2.05, 4.69) is 45.7 Å². The van der Waals surface area contributed by atoms with Crippen molar-refractivity contribution >= 4 is 131 Å². The van der Waals surface area contributed by atoms with Gasteiger partial charge in [-0.15, -0.1) is 0 Å². The third kappa shape index (κ3) is 23.1. The highest BCUT2D eigenvalue weighted by molar-refractivity contribution is 7.89. The maximum atomic E-state index is 12.9. The van der Waals surface area contributed by atoms with E-state index < -0.39 is 51.4 Å². The molecule has 0 radical (unpaired) electrons. The lowest BCUT2D eigenvalue weighted by Crippen LogP contribution is -2.41. The molecular weight excluding hydrogens is 1600 g/mol. The van der Waals surface area contributed by atoms with Crippen molar-refractivity contribution in [3.8, 4) is 34.1 Å². The average molecular weight is 1690 g/mol. The van der Waals surface area contributed by atoms with Crippen molar-refractivity contribution in [2.24, 2.45) is 5.92 Å². The van der Waals surface area contributed by atoms with Gasteiger partial charge in [0.1, 0.15) is 34.7 Å². The molecule has 0 unspecified atom stereocenters. The Morgan fingerprint density at radius 3 is 1.71 bits per heavy atom. The lowest BCUT2D eigenvalue weighted by Gasteiger charge is -2.28. The number of carbonyl (C=O) groups excluding carboxylic acids is 4. The highest BCUT2D eigenvalue weighted by Gasteiger charge is 2.46. The van der Waals surface area contributed by atoms with Gasteiger partial charge in [0.15, 0.2) is 23.1 Å². The van der Waals surface area contributed by atoms with Gasteiger partial charge in [-0.2, -0.15) is 0 Å². The highest BCUT2D eigenvalue weighted by atomic mass is 35.5. The van der Waals surface area contributed by atoms with Crippen LogP contribution in [-0.4, -0.2) is 106 Å². The second-order valence-corrected chi connectivity index (χ2v) is 30.4. The van der Waals surface area contributed by atoms with Crippen LogP contribution in [0.4, 0.5) is 28.6 Å². The fourth-order valence-electron chi connectivity index (χ4n) is 12.8. The number of hydrogen-bond acceptors (Lipinski definition) is 16. The monoisotopic (exact) mass is 1690 g/mol. The fraction of sp³-hybridized carbons (Fsp3) is 0.168. The number of nitrogens with one attached hydrogen (secondary N) is 2. The van der Waals surface area contributed by atoms with Gasteiger partial charge in [-0.25, -0.2) is 33.2 Å². The van der Waals surface area contributed by atoms with Gasteiger partial charge in [0.25, 0.3) is 27.7 Å². The van der Waals surface area contributed by atoms with Crippen LogP contribution < -0.4 is 30.1 Å². The molecular formula is C95H89Cl2N7O16S. The predicted molar refractivity (Wildman–Crippen MR) is 472 cm³/mol. The molecule has 121 heavy (non-hydrogen) atoms. The van der Waals surface area contributed by atoms with E-state index in [4.69, 9.17) is 52.4 Å². The second-order valence-electron chi connectivity index (χ2n) is 27.7. The number of hydrazine groups is 1. The van der Waals surface area contributed by atoms with Gasteiger partial charge in [-0.05, 0) is 163 Å². The first-order chi connectivity index (χ1) is 58.2. The summed E-state index contributed by atoms with van der Waals surface area (Å²) in [5, 5.41) is 51.1. The third-order valence-electron chi connectivity index (χ3n) is 19.3. The second kappa shape index (κ2) is 42.5. The number of amides is 3. The predicted octanol–water partition coefficient (Wildman–Crippen LogP) is 20.5. The Kier molecular flexibility index (Phi) is 31.4. The van der Waals surface area contributed by atoms with Crippen LogP contribution in [0.1, 0.15) is 97.3 Å². The van der Waals surface area contributed by atoms with E-state index in [-0.39, 0.29) is 58.0 Å². The Hall–Kier alpha value is -13.9. The van der Waals surface area contributed by atoms with E-state index in [1.807, 2.05) is 183 Å². The van der Waals surface area contributed by atoms with Crippen LogP contribution in [0.2, 0.25) is 10.0 Å². The number of methoxy groups -OCH3 is 2. The number of carbonyl (C=O) groups is 7. The number of likely N-dealkylation sites (N-methyl/N-ethyl adjacent to an activating group) is 1. The first kappa shape index (κ1) is 89.4. The molecule has 15 rings (SSSR count). The maximum Gasteiger partial charge on any atom is 0.337 e. The Labute approximate surface area is 710 Å². The van der Waals surface area contributed by atoms with Crippen molar-refractivity contribution in [2.45, 2.75) is 83.5 Å². The number of anilines is 5. The number of aromatic carboxylic acids is 1. The van der Waals surface area contributed by atoms with E-state index in [1.165, 1.54) is 52.4 Å². The van der Waals surface area contributed by atoms with Crippen molar-refractivity contribution in [2.75, 3.05) is 41.9 Å². The number of aliphatic hydroxyl groups is 1. The lowest BCUT2D eigenvalue weighted by molar-refractivity contribution is -0.138. The minimum absolute atomic E-state index is 0.00295. The number of ketones is 1. The zero-order valence-electron chi connectivity index (χ0n) is 67.3. The zero-order valence-corrected chi connectivity index (χ0v) is 69.6. The number of fused-ring (bicyclic) bond motifs is 3. The van der Waals surface area contributed by atoms with Crippen LogP contribution in [0.5, 0.6) is 11.5 Å². The molecule has 2 aliphatic heterocycles. The van der Waals surface area contributed by atoms with Crippen molar-refractivity contribution in [3.05, 3.63) is 329 Å². The summed E-state index contributed by atoms with van der Waals surface area (Å²) in [5.74, 6) is -1.91. The van der Waals surface area contributed by atoms with E-state index in [1.54, 1.807) is 88.7 Å². The molecule has 0 spiro atoms.